The molecule has 20 heteroatoms. The van der Waals surface area contributed by atoms with E-state index in [0.717, 1.165) is 64.9 Å². The van der Waals surface area contributed by atoms with Crippen molar-refractivity contribution in [3.05, 3.63) is 35.6 Å². The van der Waals surface area contributed by atoms with Crippen LogP contribution in [0.3, 0.4) is 0 Å². The molecular weight excluding hydrogens is 656 g/mol. The second-order valence-electron chi connectivity index (χ2n) is 10.5. The number of likely N-dealkylation sites (tertiary alicyclic amines) is 1. The van der Waals surface area contributed by atoms with Gasteiger partial charge in [0, 0.05) is 51.7 Å². The molecule has 0 saturated carbocycles. The molecule has 10 nitrogen and oxygen atoms in total. The lowest BCUT2D eigenvalue weighted by molar-refractivity contribution is -0.193. The van der Waals surface area contributed by atoms with E-state index in [0.29, 0.717) is 12.0 Å². The Kier molecular flexibility index (Phi) is 15.6. The van der Waals surface area contributed by atoms with Crippen molar-refractivity contribution in [1.29, 1.82) is 0 Å². The van der Waals surface area contributed by atoms with Gasteiger partial charge in [-0.05, 0) is 43.6 Å². The molecule has 4 rings (SSSR count). The summed E-state index contributed by atoms with van der Waals surface area (Å²) in [4.78, 5) is 34.2. The third-order valence-electron chi connectivity index (χ3n) is 6.97. The summed E-state index contributed by atoms with van der Waals surface area (Å²) in [5.74, 6) is -7.05. The largest absolute Gasteiger partial charge is 0.490 e. The van der Waals surface area contributed by atoms with E-state index in [1.54, 1.807) is 12.1 Å². The zero-order chi connectivity index (χ0) is 35.5. The van der Waals surface area contributed by atoms with Gasteiger partial charge in [-0.1, -0.05) is 12.1 Å². The maximum absolute atomic E-state index is 13.1. The lowest BCUT2D eigenvalue weighted by Crippen LogP contribution is -2.49. The number of carboxylic acids is 3. The molecule has 0 spiro atoms. The Balaban J connectivity index is 0.000000413. The first kappa shape index (κ1) is 40.8. The number of piperidine rings is 1. The number of halogens is 10. The van der Waals surface area contributed by atoms with Crippen molar-refractivity contribution in [3.8, 4) is 0 Å². The van der Waals surface area contributed by atoms with Crippen LogP contribution in [0.15, 0.2) is 24.3 Å². The summed E-state index contributed by atoms with van der Waals surface area (Å²) in [7, 11) is 2.20. The second kappa shape index (κ2) is 17.6. The quantitative estimate of drug-likeness (QED) is 0.402. The normalized spacial score (nSPS) is 22.5. The Morgan fingerprint density at radius 1 is 0.761 bits per heavy atom. The second-order valence-corrected chi connectivity index (χ2v) is 10.5. The van der Waals surface area contributed by atoms with Crippen molar-refractivity contribution in [1.82, 2.24) is 14.7 Å². The molecule has 0 amide bonds. The zero-order valence-electron chi connectivity index (χ0n) is 24.2. The molecule has 0 unspecified atom stereocenters. The van der Waals surface area contributed by atoms with Gasteiger partial charge in [-0.2, -0.15) is 39.5 Å². The summed E-state index contributed by atoms with van der Waals surface area (Å²) in [6.45, 7) is 9.83. The number of benzene rings is 1. The van der Waals surface area contributed by atoms with Crippen molar-refractivity contribution in [2.24, 2.45) is 11.8 Å². The number of fused-ring (bicyclic) bond motifs is 1. The molecule has 3 fully saturated rings. The molecular formula is C26H33F10N3O7. The van der Waals surface area contributed by atoms with Gasteiger partial charge >= 0.3 is 36.4 Å². The van der Waals surface area contributed by atoms with E-state index in [1.165, 1.54) is 12.0 Å². The van der Waals surface area contributed by atoms with E-state index in [-0.39, 0.29) is 5.82 Å². The molecule has 3 atom stereocenters. The first-order chi connectivity index (χ1) is 21.0. The molecule has 3 N–H and O–H groups in total. The van der Waals surface area contributed by atoms with Gasteiger partial charge in [0.05, 0.1) is 12.7 Å². The SMILES string of the molecule is CN1CCN(C[C@H]2OC[C@@H]3CCN(Cc4ccc(F)cc4)C[C@@H]32)CC1.O=C(O)C(F)(F)F.O=C(O)C(F)(F)F.O=C(O)C(F)(F)F. The third kappa shape index (κ3) is 15.4. The monoisotopic (exact) mass is 689 g/mol. The van der Waals surface area contributed by atoms with Crippen LogP contribution in [0.25, 0.3) is 0 Å². The van der Waals surface area contributed by atoms with Crippen molar-refractivity contribution >= 4 is 17.9 Å². The Labute approximate surface area is 256 Å². The molecule has 3 saturated heterocycles. The number of alkyl halides is 9. The summed E-state index contributed by atoms with van der Waals surface area (Å²) in [6, 6.07) is 6.95. The van der Waals surface area contributed by atoms with Gasteiger partial charge in [0.2, 0.25) is 0 Å². The van der Waals surface area contributed by atoms with Crippen LogP contribution < -0.4 is 0 Å². The summed E-state index contributed by atoms with van der Waals surface area (Å²) in [5.41, 5.74) is 1.20. The van der Waals surface area contributed by atoms with Crippen LogP contribution in [0.1, 0.15) is 12.0 Å². The number of ether oxygens (including phenoxy) is 1. The average Bonchev–Trinajstić information content (AvgIpc) is 3.32. The average molecular weight is 690 g/mol. The number of carboxylic acid groups (broad SMARTS) is 3. The van der Waals surface area contributed by atoms with Gasteiger partial charge in [-0.3, -0.25) is 9.80 Å². The van der Waals surface area contributed by atoms with Gasteiger partial charge in [-0.15, -0.1) is 0 Å². The Hall–Kier alpha value is -3.23. The number of rotatable bonds is 4. The molecule has 264 valence electrons. The maximum Gasteiger partial charge on any atom is 0.490 e. The molecule has 0 bridgehead atoms. The highest BCUT2D eigenvalue weighted by Gasteiger charge is 2.42. The molecule has 0 aliphatic carbocycles. The van der Waals surface area contributed by atoms with E-state index in [4.69, 9.17) is 34.4 Å². The number of aliphatic carboxylic acids is 3. The smallest absolute Gasteiger partial charge is 0.475 e. The van der Waals surface area contributed by atoms with Gasteiger partial charge < -0.3 is 25.0 Å². The predicted octanol–water partition coefficient (Wildman–Crippen LogP) is 3.81. The first-order valence-electron chi connectivity index (χ1n) is 13.4. The van der Waals surface area contributed by atoms with Gasteiger partial charge in [0.25, 0.3) is 0 Å². The predicted molar refractivity (Wildman–Crippen MR) is 138 cm³/mol. The maximum atomic E-state index is 13.1. The van der Waals surface area contributed by atoms with E-state index in [1.807, 2.05) is 12.1 Å². The lowest BCUT2D eigenvalue weighted by Gasteiger charge is -2.38. The highest BCUT2D eigenvalue weighted by atomic mass is 19.4. The van der Waals surface area contributed by atoms with Crippen LogP contribution in [-0.4, -0.2) is 132 Å². The number of hydrogen-bond acceptors (Lipinski definition) is 7. The highest BCUT2D eigenvalue weighted by molar-refractivity contribution is 5.73. The van der Waals surface area contributed by atoms with E-state index < -0.39 is 36.4 Å². The number of carbonyl (C=O) groups is 3. The van der Waals surface area contributed by atoms with Gasteiger partial charge in [-0.25, -0.2) is 18.8 Å². The number of piperazine rings is 1. The molecule has 0 aromatic heterocycles. The Morgan fingerprint density at radius 3 is 1.61 bits per heavy atom. The minimum absolute atomic E-state index is 0.154. The van der Waals surface area contributed by atoms with Crippen molar-refractivity contribution in [2.75, 3.05) is 59.5 Å². The minimum atomic E-state index is -5.08. The molecule has 1 aromatic carbocycles. The van der Waals surface area contributed by atoms with Crippen molar-refractivity contribution < 1.29 is 78.3 Å². The fourth-order valence-corrected chi connectivity index (χ4v) is 4.56. The summed E-state index contributed by atoms with van der Waals surface area (Å²) < 4.78 is 115. The third-order valence-corrected chi connectivity index (χ3v) is 6.97. The van der Waals surface area contributed by atoms with E-state index >= 15 is 0 Å². The standard InChI is InChI=1S/C20H30FN3O.3C2HF3O2/c1-22-8-10-23(11-9-22)14-20-19-13-24(7-6-17(19)15-25-20)12-16-2-4-18(21)5-3-16;3*3-2(4,5)1(6)7/h2-5,17,19-20H,6-15H2,1H3;3*(H,6,7)/t17-,19-,20+;;;/m0.../s1. The molecule has 3 aliphatic heterocycles. The number of hydrogen-bond donors (Lipinski definition) is 3. The molecule has 46 heavy (non-hydrogen) atoms. The van der Waals surface area contributed by atoms with Crippen LogP contribution in [0.5, 0.6) is 0 Å². The molecule has 1 aromatic rings. The molecule has 3 aliphatic rings. The molecule has 3 heterocycles. The topological polar surface area (TPSA) is 131 Å². The summed E-state index contributed by atoms with van der Waals surface area (Å²) in [5, 5.41) is 21.4. The number of nitrogens with zero attached hydrogens (tertiary/aromatic N) is 3. The highest BCUT2D eigenvalue weighted by Crippen LogP contribution is 2.35. The first-order valence-corrected chi connectivity index (χ1v) is 13.4. The van der Waals surface area contributed by atoms with Crippen molar-refractivity contribution in [3.63, 3.8) is 0 Å². The minimum Gasteiger partial charge on any atom is -0.475 e. The van der Waals surface area contributed by atoms with E-state index in [2.05, 4.69) is 21.7 Å². The molecule has 0 radical (unpaired) electrons. The Morgan fingerprint density at radius 2 is 1.20 bits per heavy atom. The van der Waals surface area contributed by atoms with Gasteiger partial charge in [0.15, 0.2) is 0 Å². The Bertz CT molecular complexity index is 1050. The summed E-state index contributed by atoms with van der Waals surface area (Å²) in [6.07, 6.45) is -13.6. The van der Waals surface area contributed by atoms with Gasteiger partial charge in [0.1, 0.15) is 5.82 Å². The zero-order valence-corrected chi connectivity index (χ0v) is 24.2. The van der Waals surface area contributed by atoms with Crippen LogP contribution in [0.4, 0.5) is 43.9 Å². The van der Waals surface area contributed by atoms with E-state index in [9.17, 15) is 43.9 Å². The lowest BCUT2D eigenvalue weighted by atomic mass is 9.84. The fraction of sp³-hybridized carbons (Fsp3) is 0.654. The van der Waals surface area contributed by atoms with Crippen LogP contribution >= 0.6 is 0 Å². The summed E-state index contributed by atoms with van der Waals surface area (Å²) >= 11 is 0. The van der Waals surface area contributed by atoms with Crippen LogP contribution in [-0.2, 0) is 25.7 Å². The number of likely N-dealkylation sites (N-methyl/N-ethyl adjacent to an activating group) is 1. The fourth-order valence-electron chi connectivity index (χ4n) is 4.56. The van der Waals surface area contributed by atoms with Crippen LogP contribution in [0, 0.1) is 17.7 Å². The van der Waals surface area contributed by atoms with Crippen LogP contribution in [0.2, 0.25) is 0 Å². The van der Waals surface area contributed by atoms with Crippen molar-refractivity contribution in [2.45, 2.75) is 37.6 Å².